The van der Waals surface area contributed by atoms with Crippen LogP contribution < -0.4 is 10.2 Å². The molecule has 5 heteroatoms. The lowest BCUT2D eigenvalue weighted by atomic mass is 10.1. The molecule has 26 heavy (non-hydrogen) atoms. The van der Waals surface area contributed by atoms with Gasteiger partial charge in [0.1, 0.15) is 18.1 Å². The minimum Gasteiger partial charge on any atom is -0.507 e. The van der Waals surface area contributed by atoms with Crippen molar-refractivity contribution in [2.75, 3.05) is 0 Å². The van der Waals surface area contributed by atoms with Crippen molar-refractivity contribution in [3.05, 3.63) is 95.6 Å². The van der Waals surface area contributed by atoms with Crippen LogP contribution in [0.2, 0.25) is 0 Å². The van der Waals surface area contributed by atoms with Gasteiger partial charge in [0.05, 0.1) is 6.21 Å². The first-order valence-corrected chi connectivity index (χ1v) is 8.10. The van der Waals surface area contributed by atoms with Crippen molar-refractivity contribution in [3.8, 4) is 11.5 Å². The number of nitrogens with one attached hydrogen (secondary N) is 1. The molecule has 1 amide bonds. The number of hydrazone groups is 1. The molecule has 0 atom stereocenters. The van der Waals surface area contributed by atoms with E-state index in [1.165, 1.54) is 6.21 Å². The van der Waals surface area contributed by atoms with Gasteiger partial charge in [-0.25, -0.2) is 5.43 Å². The molecule has 5 nitrogen and oxygen atoms in total. The van der Waals surface area contributed by atoms with Crippen molar-refractivity contribution in [1.29, 1.82) is 0 Å². The van der Waals surface area contributed by atoms with E-state index >= 15 is 0 Å². The number of hydrogen-bond acceptors (Lipinski definition) is 4. The monoisotopic (exact) mass is 346 g/mol. The van der Waals surface area contributed by atoms with Crippen LogP contribution in [-0.2, 0) is 6.61 Å². The van der Waals surface area contributed by atoms with Crippen LogP contribution in [0.5, 0.6) is 11.5 Å². The smallest absolute Gasteiger partial charge is 0.271 e. The Labute approximate surface area is 151 Å². The number of rotatable bonds is 6. The summed E-state index contributed by atoms with van der Waals surface area (Å²) in [6, 6.07) is 23.4. The first-order valence-electron chi connectivity index (χ1n) is 8.10. The first kappa shape index (κ1) is 17.2. The van der Waals surface area contributed by atoms with Crippen molar-refractivity contribution >= 4 is 12.1 Å². The van der Waals surface area contributed by atoms with Gasteiger partial charge in [-0.15, -0.1) is 0 Å². The van der Waals surface area contributed by atoms with Gasteiger partial charge in [0.2, 0.25) is 0 Å². The van der Waals surface area contributed by atoms with Crippen molar-refractivity contribution < 1.29 is 14.6 Å². The van der Waals surface area contributed by atoms with E-state index in [1.54, 1.807) is 36.4 Å². The number of benzene rings is 3. The zero-order valence-corrected chi connectivity index (χ0v) is 14.0. The highest BCUT2D eigenvalue weighted by atomic mass is 16.5. The molecule has 0 heterocycles. The predicted octanol–water partition coefficient (Wildman–Crippen LogP) is 3.74. The Balaban J connectivity index is 1.54. The summed E-state index contributed by atoms with van der Waals surface area (Å²) in [6.07, 6.45) is 1.40. The molecule has 0 saturated heterocycles. The number of nitrogens with zero attached hydrogens (tertiary/aromatic N) is 1. The molecule has 130 valence electrons. The summed E-state index contributed by atoms with van der Waals surface area (Å²) in [6.45, 7) is 0.428. The third-order valence-corrected chi connectivity index (χ3v) is 3.67. The number of ether oxygens (including phenoxy) is 1. The van der Waals surface area contributed by atoms with Gasteiger partial charge < -0.3 is 9.84 Å². The standard InChI is InChI=1S/C21H18N2O3/c24-20-9-5-4-6-18(20)14-22-23-21(25)17-12-10-16(11-13-17)15-26-19-7-2-1-3-8-19/h1-14,24H,15H2,(H,23,25)/b22-14+. The van der Waals surface area contributed by atoms with Gasteiger partial charge in [0.25, 0.3) is 5.91 Å². The van der Waals surface area contributed by atoms with Crippen molar-refractivity contribution in [2.45, 2.75) is 6.61 Å². The minimum atomic E-state index is -0.327. The van der Waals surface area contributed by atoms with Gasteiger partial charge in [-0.3, -0.25) is 4.79 Å². The van der Waals surface area contributed by atoms with Crippen molar-refractivity contribution in [2.24, 2.45) is 5.10 Å². The van der Waals surface area contributed by atoms with E-state index in [9.17, 15) is 9.90 Å². The number of carbonyl (C=O) groups is 1. The predicted molar refractivity (Wildman–Crippen MR) is 100 cm³/mol. The van der Waals surface area contributed by atoms with Crippen LogP contribution in [-0.4, -0.2) is 17.2 Å². The summed E-state index contributed by atoms with van der Waals surface area (Å²) < 4.78 is 5.67. The summed E-state index contributed by atoms with van der Waals surface area (Å²) in [5, 5.41) is 13.5. The number of amides is 1. The molecule has 3 rings (SSSR count). The van der Waals surface area contributed by atoms with Gasteiger partial charge in [0.15, 0.2) is 0 Å². The molecule has 3 aromatic carbocycles. The Bertz CT molecular complexity index is 891. The molecule has 0 aliphatic carbocycles. The molecule has 0 bridgehead atoms. The minimum absolute atomic E-state index is 0.105. The normalized spacial score (nSPS) is 10.6. The van der Waals surface area contributed by atoms with Crippen LogP contribution in [0.1, 0.15) is 21.5 Å². The van der Waals surface area contributed by atoms with Crippen LogP contribution in [0.4, 0.5) is 0 Å². The summed E-state index contributed by atoms with van der Waals surface area (Å²) in [5.74, 6) is 0.577. The van der Waals surface area contributed by atoms with E-state index in [2.05, 4.69) is 10.5 Å². The topological polar surface area (TPSA) is 70.9 Å². The van der Waals surface area contributed by atoms with E-state index in [1.807, 2.05) is 42.5 Å². The van der Waals surface area contributed by atoms with Crippen molar-refractivity contribution in [3.63, 3.8) is 0 Å². The molecule has 0 saturated carbocycles. The second kappa shape index (κ2) is 8.48. The second-order valence-corrected chi connectivity index (χ2v) is 5.56. The molecular formula is C21H18N2O3. The Morgan fingerprint density at radius 3 is 2.38 bits per heavy atom. The van der Waals surface area contributed by atoms with Gasteiger partial charge in [0, 0.05) is 11.1 Å². The van der Waals surface area contributed by atoms with E-state index < -0.39 is 0 Å². The van der Waals surface area contributed by atoms with Crippen molar-refractivity contribution in [1.82, 2.24) is 5.43 Å². The van der Waals surface area contributed by atoms with E-state index in [0.717, 1.165) is 11.3 Å². The molecule has 3 aromatic rings. The molecule has 0 unspecified atom stereocenters. The maximum atomic E-state index is 12.1. The van der Waals surface area contributed by atoms with Gasteiger partial charge in [-0.05, 0) is 42.0 Å². The maximum Gasteiger partial charge on any atom is 0.271 e. The lowest BCUT2D eigenvalue weighted by molar-refractivity contribution is 0.0955. The van der Waals surface area contributed by atoms with Gasteiger partial charge in [-0.1, -0.05) is 42.5 Å². The summed E-state index contributed by atoms with van der Waals surface area (Å²) >= 11 is 0. The number of carbonyl (C=O) groups excluding carboxylic acids is 1. The highest BCUT2D eigenvalue weighted by Crippen LogP contribution is 2.13. The highest BCUT2D eigenvalue weighted by molar-refractivity contribution is 5.95. The third kappa shape index (κ3) is 4.70. The van der Waals surface area contributed by atoms with Crippen LogP contribution in [0.25, 0.3) is 0 Å². The van der Waals surface area contributed by atoms with Gasteiger partial charge in [-0.2, -0.15) is 5.10 Å². The summed E-state index contributed by atoms with van der Waals surface area (Å²) in [5.41, 5.74) is 4.42. The van der Waals surface area contributed by atoms with Crippen LogP contribution in [0.3, 0.4) is 0 Å². The Morgan fingerprint density at radius 2 is 1.65 bits per heavy atom. The lowest BCUT2D eigenvalue weighted by Gasteiger charge is -2.06. The zero-order chi connectivity index (χ0) is 18.2. The van der Waals surface area contributed by atoms with E-state index in [4.69, 9.17) is 4.74 Å². The second-order valence-electron chi connectivity index (χ2n) is 5.56. The number of phenolic OH excluding ortho intramolecular Hbond substituents is 1. The first-order chi connectivity index (χ1) is 12.7. The Hall–Kier alpha value is -3.60. The molecule has 0 aliphatic heterocycles. The number of para-hydroxylation sites is 2. The SMILES string of the molecule is O=C(N/N=C/c1ccccc1O)c1ccc(COc2ccccc2)cc1. The fourth-order valence-corrected chi connectivity index (χ4v) is 2.26. The lowest BCUT2D eigenvalue weighted by Crippen LogP contribution is -2.17. The summed E-state index contributed by atoms with van der Waals surface area (Å²) in [4.78, 5) is 12.1. The molecule has 2 N–H and O–H groups in total. The average Bonchev–Trinajstić information content (AvgIpc) is 2.69. The third-order valence-electron chi connectivity index (χ3n) is 3.67. The van der Waals surface area contributed by atoms with E-state index in [-0.39, 0.29) is 11.7 Å². The Kier molecular flexibility index (Phi) is 5.62. The fourth-order valence-electron chi connectivity index (χ4n) is 2.26. The summed E-state index contributed by atoms with van der Waals surface area (Å²) in [7, 11) is 0. The molecule has 0 aromatic heterocycles. The molecule has 0 aliphatic rings. The quantitative estimate of drug-likeness (QED) is 0.528. The zero-order valence-electron chi connectivity index (χ0n) is 14.0. The molecule has 0 spiro atoms. The highest BCUT2D eigenvalue weighted by Gasteiger charge is 2.04. The number of hydrogen-bond donors (Lipinski definition) is 2. The molecule has 0 fully saturated rings. The maximum absolute atomic E-state index is 12.1. The van der Waals surface area contributed by atoms with Crippen LogP contribution in [0.15, 0.2) is 84.0 Å². The number of aromatic hydroxyl groups is 1. The molecular weight excluding hydrogens is 328 g/mol. The van der Waals surface area contributed by atoms with Crippen LogP contribution in [0, 0.1) is 0 Å². The van der Waals surface area contributed by atoms with Gasteiger partial charge >= 0.3 is 0 Å². The Morgan fingerprint density at radius 1 is 0.962 bits per heavy atom. The molecule has 0 radical (unpaired) electrons. The number of phenols is 1. The largest absolute Gasteiger partial charge is 0.507 e. The average molecular weight is 346 g/mol. The van der Waals surface area contributed by atoms with Crippen LogP contribution >= 0.6 is 0 Å². The van der Waals surface area contributed by atoms with E-state index in [0.29, 0.717) is 17.7 Å². The fraction of sp³-hybridized carbons (Fsp3) is 0.0476.